The molecule has 0 saturated carbocycles. The zero-order valence-electron chi connectivity index (χ0n) is 6.35. The van der Waals surface area contributed by atoms with E-state index in [1.54, 1.807) is 0 Å². The van der Waals surface area contributed by atoms with Gasteiger partial charge in [0, 0.05) is 13.1 Å². The number of hydrazine groups is 1. The van der Waals surface area contributed by atoms with E-state index in [-0.39, 0.29) is 11.3 Å². The molecule has 0 aromatic heterocycles. The van der Waals surface area contributed by atoms with Gasteiger partial charge in [-0.15, -0.1) is 0 Å². The minimum atomic E-state index is -0.247. The number of amides is 1. The second kappa shape index (κ2) is 2.21. The Morgan fingerprint density at radius 2 is 2.20 bits per heavy atom. The lowest BCUT2D eigenvalue weighted by atomic mass is 9.82. The van der Waals surface area contributed by atoms with Crippen molar-refractivity contribution >= 4 is 5.91 Å². The average molecular weight is 143 g/mol. The summed E-state index contributed by atoms with van der Waals surface area (Å²) in [7, 11) is 1.98. The number of rotatable bonds is 1. The number of hydrogen-bond acceptors (Lipinski definition) is 3. The quantitative estimate of drug-likeness (QED) is 0.279. The van der Waals surface area contributed by atoms with E-state index in [1.165, 1.54) is 0 Å². The first kappa shape index (κ1) is 7.50. The highest BCUT2D eigenvalue weighted by Crippen LogP contribution is 2.27. The van der Waals surface area contributed by atoms with Gasteiger partial charge < -0.3 is 4.90 Å². The number of nitrogens with two attached hydrogens (primary N) is 1. The molecule has 0 aromatic carbocycles. The first-order chi connectivity index (χ1) is 4.58. The molecule has 1 amide bonds. The zero-order valence-corrected chi connectivity index (χ0v) is 6.35. The molecule has 0 bridgehead atoms. The maximum absolute atomic E-state index is 11.0. The van der Waals surface area contributed by atoms with Crippen molar-refractivity contribution in [1.29, 1.82) is 0 Å². The minimum absolute atomic E-state index is 0.0643. The van der Waals surface area contributed by atoms with E-state index < -0.39 is 0 Å². The topological polar surface area (TPSA) is 58.4 Å². The van der Waals surface area contributed by atoms with Crippen molar-refractivity contribution in [3.05, 3.63) is 0 Å². The molecule has 1 heterocycles. The van der Waals surface area contributed by atoms with Crippen molar-refractivity contribution in [1.82, 2.24) is 10.3 Å². The lowest BCUT2D eigenvalue weighted by molar-refractivity contribution is -0.138. The summed E-state index contributed by atoms with van der Waals surface area (Å²) < 4.78 is 0. The fourth-order valence-electron chi connectivity index (χ4n) is 1.46. The third kappa shape index (κ3) is 0.998. The lowest BCUT2D eigenvalue weighted by Gasteiger charge is -2.44. The van der Waals surface area contributed by atoms with Crippen molar-refractivity contribution < 1.29 is 4.79 Å². The predicted octanol–water partition coefficient (Wildman–Crippen LogP) is -1.07. The van der Waals surface area contributed by atoms with Gasteiger partial charge >= 0.3 is 0 Å². The molecule has 1 aliphatic heterocycles. The third-order valence-corrected chi connectivity index (χ3v) is 1.92. The minimum Gasteiger partial charge on any atom is -0.304 e. The average Bonchev–Trinajstić information content (AvgIpc) is 1.83. The van der Waals surface area contributed by atoms with Gasteiger partial charge in [-0.1, -0.05) is 0 Å². The van der Waals surface area contributed by atoms with Crippen molar-refractivity contribution in [2.24, 2.45) is 11.3 Å². The predicted molar refractivity (Wildman–Crippen MR) is 37.9 cm³/mol. The molecule has 4 heteroatoms. The maximum Gasteiger partial charge on any atom is 0.242 e. The summed E-state index contributed by atoms with van der Waals surface area (Å²) in [5, 5.41) is 0. The Kier molecular flexibility index (Phi) is 1.66. The van der Waals surface area contributed by atoms with Crippen LogP contribution in [0.1, 0.15) is 6.92 Å². The maximum atomic E-state index is 11.0. The molecule has 3 N–H and O–H groups in total. The highest BCUT2D eigenvalue weighted by atomic mass is 16.2. The fourth-order valence-corrected chi connectivity index (χ4v) is 1.46. The molecule has 10 heavy (non-hydrogen) atoms. The van der Waals surface area contributed by atoms with Crippen LogP contribution in [0.2, 0.25) is 0 Å². The number of hydrogen-bond donors (Lipinski definition) is 2. The molecule has 0 atom stereocenters. The van der Waals surface area contributed by atoms with Crippen LogP contribution in [-0.2, 0) is 4.79 Å². The molecule has 58 valence electrons. The number of carbonyl (C=O) groups excluding carboxylic acids is 1. The molecule has 0 radical (unpaired) electrons. The van der Waals surface area contributed by atoms with Gasteiger partial charge in [-0.05, 0) is 14.0 Å². The Balaban J connectivity index is 2.48. The van der Waals surface area contributed by atoms with E-state index in [4.69, 9.17) is 5.84 Å². The largest absolute Gasteiger partial charge is 0.304 e. The van der Waals surface area contributed by atoms with E-state index in [1.807, 2.05) is 14.0 Å². The molecule has 0 spiro atoms. The van der Waals surface area contributed by atoms with Gasteiger partial charge in [0.05, 0.1) is 5.41 Å². The van der Waals surface area contributed by atoms with Crippen molar-refractivity contribution in [2.45, 2.75) is 6.92 Å². The second-order valence-corrected chi connectivity index (χ2v) is 3.21. The fraction of sp³-hybridized carbons (Fsp3) is 0.833. The third-order valence-electron chi connectivity index (χ3n) is 1.92. The summed E-state index contributed by atoms with van der Waals surface area (Å²) in [6.45, 7) is 3.52. The Bertz CT molecular complexity index is 151. The van der Waals surface area contributed by atoms with Crippen LogP contribution in [0.5, 0.6) is 0 Å². The van der Waals surface area contributed by atoms with Crippen molar-refractivity contribution in [3.63, 3.8) is 0 Å². The smallest absolute Gasteiger partial charge is 0.242 e. The van der Waals surface area contributed by atoms with Gasteiger partial charge in [0.25, 0.3) is 0 Å². The SMILES string of the molecule is CN1CC(C)(C(=O)NN)C1. The standard InChI is InChI=1S/C6H13N3O/c1-6(5(10)8-7)3-9(2)4-6/h3-4,7H2,1-2H3,(H,8,10). The first-order valence-electron chi connectivity index (χ1n) is 3.28. The monoisotopic (exact) mass is 143 g/mol. The number of nitrogens with zero attached hydrogens (tertiary/aromatic N) is 1. The molecule has 0 unspecified atom stereocenters. The molecule has 1 rings (SSSR count). The van der Waals surface area contributed by atoms with E-state index in [9.17, 15) is 4.79 Å². The van der Waals surface area contributed by atoms with Crippen LogP contribution in [0, 0.1) is 5.41 Å². The van der Waals surface area contributed by atoms with Gasteiger partial charge in [0.1, 0.15) is 0 Å². The van der Waals surface area contributed by atoms with Crippen LogP contribution in [0.25, 0.3) is 0 Å². The molecule has 4 nitrogen and oxygen atoms in total. The number of likely N-dealkylation sites (tertiary alicyclic amines) is 1. The Labute approximate surface area is 60.3 Å². The van der Waals surface area contributed by atoms with E-state index in [0.717, 1.165) is 13.1 Å². The molecular weight excluding hydrogens is 130 g/mol. The van der Waals surface area contributed by atoms with Crippen LogP contribution in [-0.4, -0.2) is 30.9 Å². The van der Waals surface area contributed by atoms with Crippen LogP contribution < -0.4 is 11.3 Å². The van der Waals surface area contributed by atoms with E-state index in [2.05, 4.69) is 10.3 Å². The molecule has 0 aromatic rings. The molecule has 1 saturated heterocycles. The molecule has 0 aliphatic carbocycles. The van der Waals surface area contributed by atoms with E-state index >= 15 is 0 Å². The molecule has 1 aliphatic rings. The van der Waals surface area contributed by atoms with Crippen LogP contribution >= 0.6 is 0 Å². The van der Waals surface area contributed by atoms with Gasteiger partial charge in [-0.2, -0.15) is 0 Å². The normalized spacial score (nSPS) is 23.5. The molecular formula is C6H13N3O. The highest BCUT2D eigenvalue weighted by molar-refractivity contribution is 5.83. The summed E-state index contributed by atoms with van der Waals surface area (Å²) in [5.74, 6) is 4.93. The van der Waals surface area contributed by atoms with Crippen LogP contribution in [0.3, 0.4) is 0 Å². The van der Waals surface area contributed by atoms with Gasteiger partial charge in [-0.25, -0.2) is 5.84 Å². The van der Waals surface area contributed by atoms with Gasteiger partial charge in [0.2, 0.25) is 5.91 Å². The first-order valence-corrected chi connectivity index (χ1v) is 3.28. The second-order valence-electron chi connectivity index (χ2n) is 3.21. The summed E-state index contributed by atoms with van der Waals surface area (Å²) in [6.07, 6.45) is 0. The number of carbonyl (C=O) groups is 1. The van der Waals surface area contributed by atoms with Crippen molar-refractivity contribution in [2.75, 3.05) is 20.1 Å². The Hall–Kier alpha value is -0.610. The summed E-state index contributed by atoms with van der Waals surface area (Å²) in [6, 6.07) is 0. The summed E-state index contributed by atoms with van der Waals surface area (Å²) in [5.41, 5.74) is 1.92. The lowest BCUT2D eigenvalue weighted by Crippen LogP contribution is -2.61. The van der Waals surface area contributed by atoms with E-state index in [0.29, 0.717) is 0 Å². The van der Waals surface area contributed by atoms with Crippen molar-refractivity contribution in [3.8, 4) is 0 Å². The highest BCUT2D eigenvalue weighted by Gasteiger charge is 2.42. The number of nitrogens with one attached hydrogen (secondary N) is 1. The van der Waals surface area contributed by atoms with Crippen LogP contribution in [0.4, 0.5) is 0 Å². The van der Waals surface area contributed by atoms with Crippen LogP contribution in [0.15, 0.2) is 0 Å². The Morgan fingerprint density at radius 3 is 2.50 bits per heavy atom. The summed E-state index contributed by atoms with van der Waals surface area (Å²) in [4.78, 5) is 13.1. The van der Waals surface area contributed by atoms with Gasteiger partial charge in [0.15, 0.2) is 0 Å². The summed E-state index contributed by atoms with van der Waals surface area (Å²) >= 11 is 0. The van der Waals surface area contributed by atoms with Gasteiger partial charge in [-0.3, -0.25) is 10.2 Å². The Morgan fingerprint density at radius 1 is 1.70 bits per heavy atom. The zero-order chi connectivity index (χ0) is 7.78. The molecule has 1 fully saturated rings.